The fourth-order valence-electron chi connectivity index (χ4n) is 5.23. The van der Waals surface area contributed by atoms with Crippen LogP contribution in [0.25, 0.3) is 11.0 Å². The summed E-state index contributed by atoms with van der Waals surface area (Å²) in [5.74, 6) is -1.80. The molecule has 11 nitrogen and oxygen atoms in total. The Labute approximate surface area is 232 Å². The highest BCUT2D eigenvalue weighted by molar-refractivity contribution is 5.93. The maximum atomic E-state index is 13.1. The number of nitrogens with zero attached hydrogens (tertiary/aromatic N) is 5. The van der Waals surface area contributed by atoms with E-state index in [1.807, 2.05) is 68.7 Å². The quantitative estimate of drug-likeness (QED) is 0.396. The van der Waals surface area contributed by atoms with E-state index < -0.39 is 17.5 Å². The van der Waals surface area contributed by atoms with Crippen molar-refractivity contribution in [3.05, 3.63) is 72.3 Å². The summed E-state index contributed by atoms with van der Waals surface area (Å²) in [6.45, 7) is 3.33. The lowest BCUT2D eigenvalue weighted by Gasteiger charge is -2.39. The summed E-state index contributed by atoms with van der Waals surface area (Å²) >= 11 is 0. The molecule has 212 valence electrons. The van der Waals surface area contributed by atoms with E-state index >= 15 is 0 Å². The molecule has 11 heteroatoms. The van der Waals surface area contributed by atoms with Crippen LogP contribution in [0.5, 0.6) is 0 Å². The molecule has 5 rings (SSSR count). The van der Waals surface area contributed by atoms with E-state index in [4.69, 9.17) is 15.2 Å². The summed E-state index contributed by atoms with van der Waals surface area (Å²) in [5, 5.41) is 26.7. The zero-order valence-electron chi connectivity index (χ0n) is 22.7. The van der Waals surface area contributed by atoms with Gasteiger partial charge in [0, 0.05) is 52.4 Å². The number of hydrogen-bond donors (Lipinski definition) is 3. The molecule has 0 spiro atoms. The molecule has 0 radical (unpaired) electrons. The average molecular weight is 550 g/mol. The number of aromatic nitrogens is 2. The number of likely N-dealkylation sites (tertiary alicyclic amines) is 1. The second-order valence-electron chi connectivity index (χ2n) is 10.2. The zero-order chi connectivity index (χ0) is 28.9. The van der Waals surface area contributed by atoms with Crippen LogP contribution < -0.4 is 4.90 Å². The van der Waals surface area contributed by atoms with E-state index in [0.29, 0.717) is 24.6 Å². The smallest absolute Gasteiger partial charge is 0.331 e. The number of anilines is 1. The molecule has 2 aliphatic heterocycles. The number of fused-ring (bicyclic) bond motifs is 3. The van der Waals surface area contributed by atoms with Crippen molar-refractivity contribution in [1.82, 2.24) is 19.4 Å². The van der Waals surface area contributed by atoms with E-state index in [9.17, 15) is 19.5 Å². The number of imidazole rings is 1. The first-order chi connectivity index (χ1) is 19.1. The molecule has 3 heterocycles. The molecule has 1 amide bonds. The third kappa shape index (κ3) is 6.49. The number of benzene rings is 2. The van der Waals surface area contributed by atoms with Gasteiger partial charge in [-0.15, -0.1) is 0 Å². The van der Waals surface area contributed by atoms with Gasteiger partial charge in [-0.05, 0) is 37.0 Å². The van der Waals surface area contributed by atoms with Gasteiger partial charge >= 0.3 is 18.0 Å². The van der Waals surface area contributed by atoms with E-state index in [0.717, 1.165) is 55.5 Å². The lowest BCUT2D eigenvalue weighted by molar-refractivity contribution is -0.134. The van der Waals surface area contributed by atoms with Crippen molar-refractivity contribution in [2.24, 2.45) is 0 Å². The number of piperidine rings is 1. The number of hydrogen-bond acceptors (Lipinski definition) is 7. The first-order valence-corrected chi connectivity index (χ1v) is 13.2. The normalized spacial score (nSPS) is 19.2. The predicted molar refractivity (Wildman–Crippen MR) is 150 cm³/mol. The number of para-hydroxylation sites is 2. The maximum Gasteiger partial charge on any atom is 0.331 e. The second kappa shape index (κ2) is 12.3. The summed E-state index contributed by atoms with van der Waals surface area (Å²) in [6, 6.07) is 18.0. The van der Waals surface area contributed by atoms with Gasteiger partial charge < -0.3 is 30.0 Å². The second-order valence-corrected chi connectivity index (χ2v) is 10.2. The minimum atomic E-state index is -1.26. The first-order valence-electron chi connectivity index (χ1n) is 13.2. The van der Waals surface area contributed by atoms with Crippen LogP contribution in [0.1, 0.15) is 24.8 Å². The summed E-state index contributed by atoms with van der Waals surface area (Å²) in [5.41, 5.74) is 1.98. The van der Waals surface area contributed by atoms with Gasteiger partial charge in [-0.1, -0.05) is 42.5 Å². The molecule has 1 saturated heterocycles. The van der Waals surface area contributed by atoms with Crippen molar-refractivity contribution < 1.29 is 29.7 Å². The predicted octanol–water partition coefficient (Wildman–Crippen LogP) is 2.84. The highest BCUT2D eigenvalue weighted by Gasteiger charge is 2.35. The van der Waals surface area contributed by atoms with E-state index in [2.05, 4.69) is 9.80 Å². The summed E-state index contributed by atoms with van der Waals surface area (Å²) in [4.78, 5) is 43.4. The highest BCUT2D eigenvalue weighted by atomic mass is 16.4. The fraction of sp³-hybridized carbons (Fsp3) is 0.379. The molecule has 0 aliphatic carbocycles. The molecule has 1 fully saturated rings. The molecular formula is C29H35N5O6. The molecule has 0 saturated carbocycles. The van der Waals surface area contributed by atoms with Crippen molar-refractivity contribution in [2.75, 3.05) is 45.2 Å². The number of carbonyl (C=O) groups excluding carboxylic acids is 1. The van der Waals surface area contributed by atoms with Crippen LogP contribution in [0.4, 0.5) is 10.7 Å². The van der Waals surface area contributed by atoms with Crippen molar-refractivity contribution in [3.8, 4) is 0 Å². The Morgan fingerprint density at radius 1 is 0.975 bits per heavy atom. The first kappa shape index (κ1) is 28.8. The lowest BCUT2D eigenvalue weighted by atomic mass is 9.84. The Hall–Kier alpha value is -4.22. The van der Waals surface area contributed by atoms with Gasteiger partial charge in [0.2, 0.25) is 5.95 Å². The van der Waals surface area contributed by atoms with Crippen LogP contribution in [-0.4, -0.2) is 99.0 Å². The number of carbonyl (C=O) groups is 3. The minimum absolute atomic E-state index is 0.0334. The molecule has 3 aromatic rings. The molecule has 1 atom stereocenters. The third-order valence-electron chi connectivity index (χ3n) is 7.55. The average Bonchev–Trinajstić information content (AvgIpc) is 3.31. The summed E-state index contributed by atoms with van der Waals surface area (Å²) < 4.78 is 1.73. The molecule has 2 aromatic carbocycles. The molecule has 40 heavy (non-hydrogen) atoms. The lowest BCUT2D eigenvalue weighted by Crippen LogP contribution is -2.46. The van der Waals surface area contributed by atoms with Gasteiger partial charge in [-0.3, -0.25) is 0 Å². The van der Waals surface area contributed by atoms with Crippen LogP contribution in [-0.2, 0) is 15.2 Å². The van der Waals surface area contributed by atoms with E-state index in [1.54, 1.807) is 9.47 Å². The van der Waals surface area contributed by atoms with Gasteiger partial charge in [0.1, 0.15) is 0 Å². The number of likely N-dealkylation sites (N-methyl/N-ethyl adjacent to an activating group) is 2. The number of aliphatic carboxylic acids is 2. The molecule has 1 aromatic heterocycles. The van der Waals surface area contributed by atoms with Crippen LogP contribution >= 0.6 is 0 Å². The summed E-state index contributed by atoms with van der Waals surface area (Å²) in [6.07, 6.45) is 3.53. The Kier molecular flexibility index (Phi) is 8.86. The van der Waals surface area contributed by atoms with Gasteiger partial charge in [0.05, 0.1) is 22.7 Å². The number of carboxylic acid groups (broad SMARTS) is 2. The van der Waals surface area contributed by atoms with Crippen LogP contribution in [0, 0.1) is 0 Å². The van der Waals surface area contributed by atoms with Crippen LogP contribution in [0.2, 0.25) is 0 Å². The number of aliphatic hydroxyl groups is 1. The summed E-state index contributed by atoms with van der Waals surface area (Å²) in [7, 11) is 3.91. The highest BCUT2D eigenvalue weighted by Crippen LogP contribution is 2.33. The van der Waals surface area contributed by atoms with E-state index in [-0.39, 0.29) is 12.1 Å². The number of amides is 1. The SMILES string of the molecule is CN1CC(CCN2CCC(O)(c3ccccc3)CC2)N(C)c2nc3ccccc3n2C1=O.O=C(O)/C=C\C(=O)O. The molecule has 1 unspecified atom stereocenters. The van der Waals surface area contributed by atoms with E-state index in [1.165, 1.54) is 0 Å². The van der Waals surface area contributed by atoms with Gasteiger partial charge in [0.25, 0.3) is 0 Å². The third-order valence-corrected chi connectivity index (χ3v) is 7.55. The molecule has 2 aliphatic rings. The molecule has 0 bridgehead atoms. The van der Waals surface area contributed by atoms with Gasteiger partial charge in [-0.25, -0.2) is 23.9 Å². The van der Waals surface area contributed by atoms with Crippen molar-refractivity contribution in [1.29, 1.82) is 0 Å². The molecular weight excluding hydrogens is 514 g/mol. The molecule has 3 N–H and O–H groups in total. The van der Waals surface area contributed by atoms with Gasteiger partial charge in [0.15, 0.2) is 0 Å². The zero-order valence-corrected chi connectivity index (χ0v) is 22.7. The minimum Gasteiger partial charge on any atom is -0.478 e. The van der Waals surface area contributed by atoms with Crippen molar-refractivity contribution in [2.45, 2.75) is 30.9 Å². The largest absolute Gasteiger partial charge is 0.478 e. The number of carboxylic acids is 2. The Balaban J connectivity index is 0.000000406. The Morgan fingerprint density at radius 2 is 1.57 bits per heavy atom. The van der Waals surface area contributed by atoms with Crippen molar-refractivity contribution in [3.63, 3.8) is 0 Å². The standard InChI is InChI=1S/C25H31N5O2.C4H4O4/c1-27-18-20(28(2)23-26-21-10-6-7-11-22(21)30(23)24(27)31)12-15-29-16-13-25(32,14-17-29)19-8-4-3-5-9-19;5-3(6)1-2-4(7)8/h3-11,20,32H,12-18H2,1-2H3;1-2H,(H,5,6)(H,7,8)/b;2-1-. The monoisotopic (exact) mass is 549 g/mol. The van der Waals surface area contributed by atoms with Crippen LogP contribution in [0.3, 0.4) is 0 Å². The van der Waals surface area contributed by atoms with Gasteiger partial charge in [-0.2, -0.15) is 0 Å². The number of rotatable bonds is 6. The topological polar surface area (TPSA) is 139 Å². The maximum absolute atomic E-state index is 13.1. The fourth-order valence-corrected chi connectivity index (χ4v) is 5.23. The van der Waals surface area contributed by atoms with Crippen LogP contribution in [0.15, 0.2) is 66.7 Å². The Morgan fingerprint density at radius 3 is 2.20 bits per heavy atom. The Bertz CT molecular complexity index is 1360. The van der Waals surface area contributed by atoms with Crippen molar-refractivity contribution >= 4 is 35.0 Å².